The van der Waals surface area contributed by atoms with E-state index in [-0.39, 0.29) is 5.75 Å². The second kappa shape index (κ2) is 8.93. The van der Waals surface area contributed by atoms with Gasteiger partial charge in [0.25, 0.3) is 0 Å². The molecule has 0 aromatic carbocycles. The molecular weight excluding hydrogens is 260 g/mol. The van der Waals surface area contributed by atoms with Crippen LogP contribution in [0, 0.1) is 0 Å². The van der Waals surface area contributed by atoms with Gasteiger partial charge in [-0.2, -0.15) is 0 Å². The molecule has 1 aliphatic rings. The van der Waals surface area contributed by atoms with E-state index in [0.29, 0.717) is 12.3 Å². The highest BCUT2D eigenvalue weighted by Crippen LogP contribution is 2.15. The second-order valence-corrected chi connectivity index (χ2v) is 7.94. The molecule has 0 amide bonds. The third-order valence-electron chi connectivity index (χ3n) is 3.84. The first-order valence-electron chi connectivity index (χ1n) is 7.70. The zero-order chi connectivity index (χ0) is 14.1. The maximum Gasteiger partial charge on any atom is 0.151 e. The minimum atomic E-state index is -2.82. The van der Waals surface area contributed by atoms with Crippen LogP contribution in [0.4, 0.5) is 0 Å². The minimum Gasteiger partial charge on any atom is -0.316 e. The maximum atomic E-state index is 11.5. The van der Waals surface area contributed by atoms with Crippen molar-refractivity contribution in [3.05, 3.63) is 0 Å². The molecule has 4 nitrogen and oxygen atoms in total. The fraction of sp³-hybridized carbons (Fsp3) is 1.00. The quantitative estimate of drug-likeness (QED) is 0.656. The summed E-state index contributed by atoms with van der Waals surface area (Å²) >= 11 is 0. The van der Waals surface area contributed by atoms with Gasteiger partial charge in [0.05, 0.1) is 5.75 Å². The number of nitrogens with one attached hydrogen (secondary N) is 1. The molecule has 19 heavy (non-hydrogen) atoms. The smallest absolute Gasteiger partial charge is 0.151 e. The van der Waals surface area contributed by atoms with Gasteiger partial charge in [0.15, 0.2) is 9.84 Å². The predicted octanol–water partition coefficient (Wildman–Crippen LogP) is 1.67. The largest absolute Gasteiger partial charge is 0.316 e. The molecule has 0 radical (unpaired) electrons. The van der Waals surface area contributed by atoms with E-state index < -0.39 is 9.84 Å². The van der Waals surface area contributed by atoms with E-state index >= 15 is 0 Å². The van der Waals surface area contributed by atoms with Crippen LogP contribution in [0.2, 0.25) is 0 Å². The summed E-state index contributed by atoms with van der Waals surface area (Å²) in [6, 6.07) is 0.721. The first-order chi connectivity index (χ1) is 9.05. The lowest BCUT2D eigenvalue weighted by Gasteiger charge is -2.33. The van der Waals surface area contributed by atoms with Crippen molar-refractivity contribution in [1.29, 1.82) is 0 Å². The third kappa shape index (κ3) is 7.28. The summed E-state index contributed by atoms with van der Waals surface area (Å²) in [6.07, 6.45) is 5.84. The average molecular weight is 290 g/mol. The predicted molar refractivity (Wildman–Crippen MR) is 81.3 cm³/mol. The fourth-order valence-electron chi connectivity index (χ4n) is 2.66. The standard InChI is InChI=1S/C14H30N2O2S/c1-3-12-19(17,18)13-9-15-8-6-11-16-10-5-4-7-14(16)2/h14-15H,3-13H2,1-2H3. The molecule has 0 spiro atoms. The Hall–Kier alpha value is -0.130. The molecule has 1 aliphatic heterocycles. The number of hydrogen-bond donors (Lipinski definition) is 1. The van der Waals surface area contributed by atoms with Crippen molar-refractivity contribution >= 4 is 9.84 Å². The summed E-state index contributed by atoms with van der Waals surface area (Å²) in [5.74, 6) is 0.598. The molecule has 0 aromatic heterocycles. The Bertz CT molecular complexity index is 330. The Kier molecular flexibility index (Phi) is 7.95. The Morgan fingerprint density at radius 1 is 1.21 bits per heavy atom. The number of hydrogen-bond acceptors (Lipinski definition) is 4. The first-order valence-corrected chi connectivity index (χ1v) is 9.52. The van der Waals surface area contributed by atoms with E-state index in [9.17, 15) is 8.42 Å². The molecule has 1 fully saturated rings. The van der Waals surface area contributed by atoms with Crippen molar-refractivity contribution in [2.45, 2.75) is 52.0 Å². The second-order valence-electron chi connectivity index (χ2n) is 5.64. The van der Waals surface area contributed by atoms with Gasteiger partial charge in [-0.3, -0.25) is 0 Å². The van der Waals surface area contributed by atoms with Gasteiger partial charge in [-0.15, -0.1) is 0 Å². The number of piperidine rings is 1. The highest BCUT2D eigenvalue weighted by atomic mass is 32.2. The minimum absolute atomic E-state index is 0.279. The van der Waals surface area contributed by atoms with Crippen LogP contribution < -0.4 is 5.32 Å². The molecular formula is C14H30N2O2S. The van der Waals surface area contributed by atoms with E-state index in [2.05, 4.69) is 17.1 Å². The van der Waals surface area contributed by atoms with Crippen molar-refractivity contribution in [3.8, 4) is 0 Å². The van der Waals surface area contributed by atoms with Gasteiger partial charge in [0, 0.05) is 18.3 Å². The number of sulfone groups is 1. The SMILES string of the molecule is CCCS(=O)(=O)CCNCCCN1CCCCC1C. The Balaban J connectivity index is 2.02. The maximum absolute atomic E-state index is 11.5. The third-order valence-corrected chi connectivity index (χ3v) is 5.70. The summed E-state index contributed by atoms with van der Waals surface area (Å²) in [4.78, 5) is 2.55. The van der Waals surface area contributed by atoms with Gasteiger partial charge in [0.1, 0.15) is 0 Å². The lowest BCUT2D eigenvalue weighted by atomic mass is 10.0. The topological polar surface area (TPSA) is 49.4 Å². The van der Waals surface area contributed by atoms with Crippen LogP contribution in [0.3, 0.4) is 0 Å². The first kappa shape index (κ1) is 16.9. The van der Waals surface area contributed by atoms with E-state index in [0.717, 1.165) is 32.0 Å². The summed E-state index contributed by atoms with van der Waals surface area (Å²) in [6.45, 7) is 8.10. The zero-order valence-corrected chi connectivity index (χ0v) is 13.3. The van der Waals surface area contributed by atoms with Gasteiger partial charge in [-0.25, -0.2) is 8.42 Å². The highest BCUT2D eigenvalue weighted by molar-refractivity contribution is 7.91. The molecule has 0 aliphatic carbocycles. The molecule has 1 rings (SSSR count). The van der Waals surface area contributed by atoms with Crippen LogP contribution in [0.15, 0.2) is 0 Å². The molecule has 0 aromatic rings. The fourth-order valence-corrected chi connectivity index (χ4v) is 3.94. The summed E-state index contributed by atoms with van der Waals surface area (Å²) < 4.78 is 23.0. The van der Waals surface area contributed by atoms with Crippen LogP contribution in [-0.4, -0.2) is 57.0 Å². The van der Waals surface area contributed by atoms with Crippen LogP contribution in [-0.2, 0) is 9.84 Å². The Morgan fingerprint density at radius 3 is 2.68 bits per heavy atom. The van der Waals surface area contributed by atoms with Gasteiger partial charge in [-0.05, 0) is 52.2 Å². The number of nitrogens with zero attached hydrogens (tertiary/aromatic N) is 1. The van der Waals surface area contributed by atoms with Crippen LogP contribution in [0.25, 0.3) is 0 Å². The van der Waals surface area contributed by atoms with Crippen molar-refractivity contribution in [2.75, 3.05) is 37.7 Å². The Morgan fingerprint density at radius 2 is 2.00 bits per heavy atom. The van der Waals surface area contributed by atoms with Gasteiger partial charge >= 0.3 is 0 Å². The van der Waals surface area contributed by atoms with E-state index in [1.165, 1.54) is 25.8 Å². The number of likely N-dealkylation sites (tertiary alicyclic amines) is 1. The molecule has 1 atom stereocenters. The van der Waals surface area contributed by atoms with E-state index in [1.807, 2.05) is 6.92 Å². The van der Waals surface area contributed by atoms with Crippen molar-refractivity contribution < 1.29 is 8.42 Å². The lowest BCUT2D eigenvalue weighted by Crippen LogP contribution is -2.39. The highest BCUT2D eigenvalue weighted by Gasteiger charge is 2.17. The molecule has 1 N–H and O–H groups in total. The molecule has 1 unspecified atom stereocenters. The molecule has 1 heterocycles. The average Bonchev–Trinajstić information content (AvgIpc) is 2.35. The Labute approximate surface area is 118 Å². The lowest BCUT2D eigenvalue weighted by molar-refractivity contribution is 0.159. The molecule has 0 saturated carbocycles. The van der Waals surface area contributed by atoms with Crippen LogP contribution >= 0.6 is 0 Å². The summed E-state index contributed by atoms with van der Waals surface area (Å²) in [7, 11) is -2.82. The molecule has 1 saturated heterocycles. The van der Waals surface area contributed by atoms with Crippen molar-refractivity contribution in [3.63, 3.8) is 0 Å². The molecule has 114 valence electrons. The van der Waals surface area contributed by atoms with Gasteiger partial charge in [-0.1, -0.05) is 13.3 Å². The van der Waals surface area contributed by atoms with Crippen LogP contribution in [0.1, 0.15) is 46.0 Å². The van der Waals surface area contributed by atoms with Gasteiger partial charge in [0.2, 0.25) is 0 Å². The van der Waals surface area contributed by atoms with Crippen molar-refractivity contribution in [1.82, 2.24) is 10.2 Å². The molecule has 0 bridgehead atoms. The van der Waals surface area contributed by atoms with Crippen LogP contribution in [0.5, 0.6) is 0 Å². The number of rotatable bonds is 9. The zero-order valence-electron chi connectivity index (χ0n) is 12.5. The molecule has 5 heteroatoms. The summed E-state index contributed by atoms with van der Waals surface area (Å²) in [5.41, 5.74) is 0. The van der Waals surface area contributed by atoms with Gasteiger partial charge < -0.3 is 10.2 Å². The monoisotopic (exact) mass is 290 g/mol. The summed E-state index contributed by atoms with van der Waals surface area (Å²) in [5, 5.41) is 3.25. The van der Waals surface area contributed by atoms with E-state index in [4.69, 9.17) is 0 Å². The van der Waals surface area contributed by atoms with E-state index in [1.54, 1.807) is 0 Å². The normalized spacial score (nSPS) is 21.7. The van der Waals surface area contributed by atoms with Crippen molar-refractivity contribution in [2.24, 2.45) is 0 Å².